The number of carbonyl (C=O) groups excluding carboxylic acids is 1. The number of benzene rings is 2. The highest BCUT2D eigenvalue weighted by atomic mass is 32.2. The third-order valence-corrected chi connectivity index (χ3v) is 6.92. The lowest BCUT2D eigenvalue weighted by Gasteiger charge is -2.11. The molecule has 0 fully saturated rings. The summed E-state index contributed by atoms with van der Waals surface area (Å²) >= 11 is 0. The summed E-state index contributed by atoms with van der Waals surface area (Å²) in [5.41, 5.74) is 9.31. The fraction of sp³-hybridized carbons (Fsp3) is 0.148. The molecule has 2 aromatic carbocycles. The van der Waals surface area contributed by atoms with Crippen molar-refractivity contribution < 1.29 is 26.7 Å². The van der Waals surface area contributed by atoms with E-state index in [2.05, 4.69) is 10.1 Å². The van der Waals surface area contributed by atoms with E-state index in [-0.39, 0.29) is 35.0 Å². The monoisotopic (exact) mass is 536 g/mol. The number of Topliss-reactive ketones (excluding diaryl/α,β-unsaturated/α-hetero) is 1. The van der Waals surface area contributed by atoms with Gasteiger partial charge in [0.1, 0.15) is 23.2 Å². The predicted molar refractivity (Wildman–Crippen MR) is 138 cm³/mol. The minimum Gasteiger partial charge on any atom is -0.439 e. The molecule has 0 radical (unpaired) electrons. The summed E-state index contributed by atoms with van der Waals surface area (Å²) in [5, 5.41) is 4.27. The van der Waals surface area contributed by atoms with Crippen molar-refractivity contribution in [1.82, 2.24) is 14.8 Å². The molecule has 0 bridgehead atoms. The van der Waals surface area contributed by atoms with Crippen LogP contribution < -0.4 is 10.5 Å². The highest BCUT2D eigenvalue weighted by Gasteiger charge is 2.26. The van der Waals surface area contributed by atoms with Crippen molar-refractivity contribution in [2.75, 3.05) is 12.0 Å². The zero-order chi connectivity index (χ0) is 27.2. The van der Waals surface area contributed by atoms with Crippen LogP contribution in [0.4, 0.5) is 14.6 Å². The summed E-state index contributed by atoms with van der Waals surface area (Å²) in [5.74, 6) is -1.22. The first-order chi connectivity index (χ1) is 18.0. The molecule has 0 unspecified atom stereocenters. The predicted octanol–water partition coefficient (Wildman–Crippen LogP) is 4.60. The van der Waals surface area contributed by atoms with E-state index in [0.29, 0.717) is 33.7 Å². The van der Waals surface area contributed by atoms with Gasteiger partial charge >= 0.3 is 0 Å². The molecular formula is C27H22F2N4O4S. The maximum atomic E-state index is 14.4. The minimum absolute atomic E-state index is 0.0634. The molecule has 1 aliphatic rings. The maximum Gasteiger partial charge on any atom is 0.219 e. The first-order valence-corrected chi connectivity index (χ1v) is 13.5. The molecule has 2 heterocycles. The molecule has 0 amide bonds. The fourth-order valence-corrected chi connectivity index (χ4v) is 5.09. The van der Waals surface area contributed by atoms with Crippen molar-refractivity contribution in [2.24, 2.45) is 0 Å². The summed E-state index contributed by atoms with van der Waals surface area (Å²) in [6.45, 7) is 1.79. The Bertz CT molecular complexity index is 1750. The molecule has 0 saturated heterocycles. The molecule has 0 saturated carbocycles. The number of hydrogen-bond acceptors (Lipinski definition) is 7. The number of allylic oxidation sites excluding steroid dienone is 1. The SMILES string of the molecule is Cc1cc(Oc2cccc(F)c2)ncc1-n1ncc(C(=O)C2=Cc3cc(F)c(CS(C)(=O)=O)cc3C2)c1N. The van der Waals surface area contributed by atoms with Gasteiger partial charge in [-0.2, -0.15) is 5.10 Å². The number of rotatable bonds is 7. The lowest BCUT2D eigenvalue weighted by atomic mass is 10.0. The van der Waals surface area contributed by atoms with Crippen LogP contribution >= 0.6 is 0 Å². The summed E-state index contributed by atoms with van der Waals surface area (Å²) in [6.07, 6.45) is 5.66. The van der Waals surface area contributed by atoms with Crippen LogP contribution in [0.2, 0.25) is 0 Å². The summed E-state index contributed by atoms with van der Waals surface area (Å²) in [4.78, 5) is 17.5. The molecule has 0 aliphatic heterocycles. The van der Waals surface area contributed by atoms with Crippen molar-refractivity contribution in [2.45, 2.75) is 19.1 Å². The number of carbonyl (C=O) groups is 1. The van der Waals surface area contributed by atoms with Crippen LogP contribution in [0.25, 0.3) is 11.8 Å². The molecule has 0 spiro atoms. The Labute approximate surface area is 217 Å². The number of aryl methyl sites for hydroxylation is 1. The molecule has 1 aliphatic carbocycles. The quantitative estimate of drug-likeness (QED) is 0.343. The second-order valence-corrected chi connectivity index (χ2v) is 11.3. The van der Waals surface area contributed by atoms with E-state index in [4.69, 9.17) is 10.5 Å². The van der Waals surface area contributed by atoms with Gasteiger partial charge in [-0.25, -0.2) is 26.9 Å². The Kier molecular flexibility index (Phi) is 6.31. The number of ketones is 1. The molecule has 11 heteroatoms. The van der Waals surface area contributed by atoms with E-state index in [1.807, 2.05) is 0 Å². The molecule has 38 heavy (non-hydrogen) atoms. The number of pyridine rings is 1. The number of sulfone groups is 1. The summed E-state index contributed by atoms with van der Waals surface area (Å²) in [6, 6.07) is 10.0. The molecule has 8 nitrogen and oxygen atoms in total. The Morgan fingerprint density at radius 3 is 2.66 bits per heavy atom. The number of aromatic nitrogens is 3. The average molecular weight is 537 g/mol. The van der Waals surface area contributed by atoms with Gasteiger partial charge in [0.15, 0.2) is 15.6 Å². The normalized spacial score (nSPS) is 12.8. The molecule has 194 valence electrons. The molecular weight excluding hydrogens is 514 g/mol. The van der Waals surface area contributed by atoms with Crippen molar-refractivity contribution in [3.8, 4) is 17.3 Å². The van der Waals surface area contributed by atoms with Crippen LogP contribution in [0.5, 0.6) is 11.6 Å². The summed E-state index contributed by atoms with van der Waals surface area (Å²) < 4.78 is 58.1. The van der Waals surface area contributed by atoms with Crippen molar-refractivity contribution >= 4 is 27.5 Å². The maximum absolute atomic E-state index is 14.4. The van der Waals surface area contributed by atoms with Gasteiger partial charge in [0.25, 0.3) is 0 Å². The zero-order valence-corrected chi connectivity index (χ0v) is 21.2. The molecule has 5 rings (SSSR count). The second-order valence-electron chi connectivity index (χ2n) is 9.11. The number of ether oxygens (including phenoxy) is 1. The lowest BCUT2D eigenvalue weighted by Crippen LogP contribution is -2.09. The zero-order valence-electron chi connectivity index (χ0n) is 20.4. The van der Waals surface area contributed by atoms with Crippen LogP contribution in [0.1, 0.15) is 32.6 Å². The Morgan fingerprint density at radius 1 is 1.16 bits per heavy atom. The van der Waals surface area contributed by atoms with Gasteiger partial charge in [0.2, 0.25) is 5.88 Å². The Balaban J connectivity index is 1.37. The van der Waals surface area contributed by atoms with Gasteiger partial charge < -0.3 is 10.5 Å². The van der Waals surface area contributed by atoms with Gasteiger partial charge in [-0.1, -0.05) is 12.1 Å². The number of nitrogen functional groups attached to an aromatic ring is 1. The van der Waals surface area contributed by atoms with Crippen LogP contribution in [0.15, 0.2) is 60.4 Å². The van der Waals surface area contributed by atoms with Crippen molar-refractivity contribution in [3.63, 3.8) is 0 Å². The molecule has 2 N–H and O–H groups in total. The third-order valence-electron chi connectivity index (χ3n) is 6.08. The van der Waals surface area contributed by atoms with Crippen LogP contribution in [0, 0.1) is 18.6 Å². The van der Waals surface area contributed by atoms with E-state index in [1.54, 1.807) is 25.1 Å². The third kappa shape index (κ3) is 5.05. The van der Waals surface area contributed by atoms with E-state index in [9.17, 15) is 22.0 Å². The van der Waals surface area contributed by atoms with E-state index < -0.39 is 27.2 Å². The topological polar surface area (TPSA) is 117 Å². The first kappa shape index (κ1) is 25.3. The fourth-order valence-electron chi connectivity index (χ4n) is 4.30. The Hall–Kier alpha value is -4.38. The molecule has 0 atom stereocenters. The highest BCUT2D eigenvalue weighted by Crippen LogP contribution is 2.32. The largest absolute Gasteiger partial charge is 0.439 e. The number of fused-ring (bicyclic) bond motifs is 1. The van der Waals surface area contributed by atoms with Crippen LogP contribution in [0.3, 0.4) is 0 Å². The van der Waals surface area contributed by atoms with Crippen molar-refractivity contribution in [1.29, 1.82) is 0 Å². The van der Waals surface area contributed by atoms with Crippen molar-refractivity contribution in [3.05, 3.63) is 99.9 Å². The van der Waals surface area contributed by atoms with E-state index >= 15 is 0 Å². The first-order valence-electron chi connectivity index (χ1n) is 11.5. The smallest absolute Gasteiger partial charge is 0.219 e. The number of hydrogen-bond donors (Lipinski definition) is 1. The average Bonchev–Trinajstić information content (AvgIpc) is 3.41. The summed E-state index contributed by atoms with van der Waals surface area (Å²) in [7, 11) is -3.42. The Morgan fingerprint density at radius 2 is 1.95 bits per heavy atom. The number of halogens is 2. The van der Waals surface area contributed by atoms with Gasteiger partial charge in [0.05, 0.1) is 29.4 Å². The standard InChI is InChI=1S/C27H22F2N4O4S/c1-15-6-25(37-21-5-3-4-20(28)11-21)31-13-24(15)33-27(30)22(12-32-33)26(34)18-7-16-9-19(14-38(2,35)36)23(29)10-17(16)8-18/h3-6,8-13H,7,14,30H2,1-2H3. The van der Waals surface area contributed by atoms with E-state index in [0.717, 1.165) is 6.26 Å². The molecule has 4 aromatic rings. The van der Waals surface area contributed by atoms with Gasteiger partial charge in [-0.3, -0.25) is 4.79 Å². The van der Waals surface area contributed by atoms with E-state index in [1.165, 1.54) is 47.4 Å². The molecule has 2 aromatic heterocycles. The van der Waals surface area contributed by atoms with Crippen LogP contribution in [-0.4, -0.2) is 35.2 Å². The highest BCUT2D eigenvalue weighted by molar-refractivity contribution is 7.89. The van der Waals surface area contributed by atoms with Gasteiger partial charge in [0, 0.05) is 35.9 Å². The number of anilines is 1. The lowest BCUT2D eigenvalue weighted by molar-refractivity contribution is 0.103. The second kappa shape index (κ2) is 9.49. The van der Waals surface area contributed by atoms with Crippen LogP contribution in [-0.2, 0) is 22.0 Å². The van der Waals surface area contributed by atoms with Gasteiger partial charge in [-0.05, 0) is 47.9 Å². The number of nitrogens with zero attached hydrogens (tertiary/aromatic N) is 3. The number of nitrogens with two attached hydrogens (primary N) is 1. The minimum atomic E-state index is -3.42. The van der Waals surface area contributed by atoms with Gasteiger partial charge in [-0.15, -0.1) is 0 Å².